The largest absolute Gasteiger partial charge is 0.440 e. The number of imide groups is 1. The zero-order chi connectivity index (χ0) is 14.0. The molecule has 1 aliphatic heterocycles. The molecule has 2 rings (SSSR count). The normalized spacial score (nSPS) is 23.7. The van der Waals surface area contributed by atoms with Crippen LogP contribution in [0.4, 0.5) is 0 Å². The molecule has 0 bridgehead atoms. The van der Waals surface area contributed by atoms with E-state index in [0.717, 1.165) is 37.0 Å². The van der Waals surface area contributed by atoms with Gasteiger partial charge < -0.3 is 4.74 Å². The van der Waals surface area contributed by atoms with Crippen molar-refractivity contribution in [3.05, 3.63) is 12.2 Å². The predicted octanol–water partition coefficient (Wildman–Crippen LogP) is 1.77. The smallest absolute Gasteiger partial charge is 0.310 e. The molecule has 0 spiro atoms. The van der Waals surface area contributed by atoms with Crippen LogP contribution in [0.5, 0.6) is 0 Å². The lowest BCUT2D eigenvalue weighted by Gasteiger charge is -2.38. The van der Waals surface area contributed by atoms with Gasteiger partial charge in [0.1, 0.15) is 0 Å². The summed E-state index contributed by atoms with van der Waals surface area (Å²) in [5.74, 6) is -1.13. The fourth-order valence-corrected chi connectivity index (χ4v) is 2.50. The Morgan fingerprint density at radius 1 is 1.26 bits per heavy atom. The van der Waals surface area contributed by atoms with E-state index < -0.39 is 12.1 Å². The molecular weight excluding hydrogens is 246 g/mol. The van der Waals surface area contributed by atoms with Crippen LogP contribution in [0.15, 0.2) is 12.2 Å². The minimum absolute atomic E-state index is 0.0776. The zero-order valence-corrected chi connectivity index (χ0v) is 11.2. The van der Waals surface area contributed by atoms with Gasteiger partial charge in [0.05, 0.1) is 12.3 Å². The van der Waals surface area contributed by atoms with Crippen molar-refractivity contribution >= 4 is 17.8 Å². The van der Waals surface area contributed by atoms with Crippen molar-refractivity contribution in [3.63, 3.8) is 0 Å². The van der Waals surface area contributed by atoms with Crippen molar-refractivity contribution in [1.82, 2.24) is 4.90 Å². The van der Waals surface area contributed by atoms with Crippen molar-refractivity contribution in [3.8, 4) is 0 Å². The molecule has 104 valence electrons. The Bertz CT molecular complexity index is 423. The van der Waals surface area contributed by atoms with Crippen LogP contribution in [0, 0.1) is 5.92 Å². The fourth-order valence-electron chi connectivity index (χ4n) is 2.50. The van der Waals surface area contributed by atoms with Crippen LogP contribution in [0.3, 0.4) is 0 Å². The van der Waals surface area contributed by atoms with Crippen molar-refractivity contribution < 1.29 is 19.1 Å². The van der Waals surface area contributed by atoms with Crippen LogP contribution in [0.1, 0.15) is 45.4 Å². The molecule has 1 unspecified atom stereocenters. The van der Waals surface area contributed by atoms with Gasteiger partial charge in [-0.1, -0.05) is 25.8 Å². The van der Waals surface area contributed by atoms with E-state index in [-0.39, 0.29) is 29.8 Å². The van der Waals surface area contributed by atoms with Gasteiger partial charge in [-0.05, 0) is 19.8 Å². The summed E-state index contributed by atoms with van der Waals surface area (Å²) < 4.78 is 5.28. The molecule has 5 nitrogen and oxygen atoms in total. The number of ether oxygens (including phenoxy) is 1. The van der Waals surface area contributed by atoms with Crippen molar-refractivity contribution in [1.29, 1.82) is 0 Å². The second-order valence-electron chi connectivity index (χ2n) is 5.28. The molecule has 2 amide bonds. The van der Waals surface area contributed by atoms with Crippen LogP contribution in [0.2, 0.25) is 0 Å². The Morgan fingerprint density at radius 2 is 1.89 bits per heavy atom. The number of esters is 1. The van der Waals surface area contributed by atoms with Gasteiger partial charge in [0.2, 0.25) is 5.91 Å². The number of nitrogens with zero attached hydrogens (tertiary/aromatic N) is 1. The first-order chi connectivity index (χ1) is 9.00. The first-order valence-electron chi connectivity index (χ1n) is 6.73. The van der Waals surface area contributed by atoms with Gasteiger partial charge in [-0.15, -0.1) is 0 Å². The van der Waals surface area contributed by atoms with Gasteiger partial charge in [-0.25, -0.2) is 4.90 Å². The van der Waals surface area contributed by atoms with Crippen molar-refractivity contribution in [2.45, 2.75) is 51.7 Å². The lowest BCUT2D eigenvalue weighted by molar-refractivity contribution is -0.189. The topological polar surface area (TPSA) is 63.7 Å². The highest BCUT2D eigenvalue weighted by molar-refractivity contribution is 6.07. The van der Waals surface area contributed by atoms with E-state index in [1.54, 1.807) is 0 Å². The number of rotatable bonds is 3. The Kier molecular flexibility index (Phi) is 4.02. The standard InChI is InChI=1S/C14H19NO4/c1-9(2)13(17)15-11(16)8-12(15)19-14(18)10-6-4-3-5-7-10/h10,12H,1,3-8H2,2H3. The van der Waals surface area contributed by atoms with E-state index in [1.165, 1.54) is 6.92 Å². The molecule has 0 aromatic rings. The first-order valence-corrected chi connectivity index (χ1v) is 6.73. The SMILES string of the molecule is C=C(C)C(=O)N1C(=O)CC1OC(=O)C1CCCCC1. The third kappa shape index (κ3) is 2.85. The average Bonchev–Trinajstić information content (AvgIpc) is 2.38. The molecule has 0 aromatic carbocycles. The van der Waals surface area contributed by atoms with E-state index in [2.05, 4.69) is 6.58 Å². The summed E-state index contributed by atoms with van der Waals surface area (Å²) in [6, 6.07) is 0. The van der Waals surface area contributed by atoms with E-state index in [0.29, 0.717) is 0 Å². The minimum atomic E-state index is -0.730. The summed E-state index contributed by atoms with van der Waals surface area (Å²) in [6.07, 6.45) is 4.28. The molecule has 19 heavy (non-hydrogen) atoms. The molecule has 1 saturated carbocycles. The number of carbonyl (C=O) groups is 3. The summed E-state index contributed by atoms with van der Waals surface area (Å²) in [7, 11) is 0. The second-order valence-corrected chi connectivity index (χ2v) is 5.28. The molecule has 0 aromatic heterocycles. The van der Waals surface area contributed by atoms with E-state index in [1.807, 2.05) is 0 Å². The summed E-state index contributed by atoms with van der Waals surface area (Å²) >= 11 is 0. The minimum Gasteiger partial charge on any atom is -0.440 e. The molecule has 5 heteroatoms. The second kappa shape index (κ2) is 5.55. The zero-order valence-electron chi connectivity index (χ0n) is 11.2. The summed E-state index contributed by atoms with van der Waals surface area (Å²) in [4.78, 5) is 36.1. The number of carbonyl (C=O) groups excluding carboxylic acids is 3. The molecule has 0 radical (unpaired) electrons. The van der Waals surface area contributed by atoms with E-state index >= 15 is 0 Å². The molecule has 1 saturated heterocycles. The molecule has 2 aliphatic rings. The highest BCUT2D eigenvalue weighted by atomic mass is 16.6. The third-order valence-corrected chi connectivity index (χ3v) is 3.68. The van der Waals surface area contributed by atoms with E-state index in [4.69, 9.17) is 4.74 Å². The first kappa shape index (κ1) is 13.8. The van der Waals surface area contributed by atoms with Crippen molar-refractivity contribution in [2.75, 3.05) is 0 Å². The van der Waals surface area contributed by atoms with Gasteiger partial charge >= 0.3 is 5.97 Å². The highest BCUT2D eigenvalue weighted by Crippen LogP contribution is 2.28. The van der Waals surface area contributed by atoms with Gasteiger partial charge in [-0.3, -0.25) is 14.4 Å². The van der Waals surface area contributed by atoms with E-state index in [9.17, 15) is 14.4 Å². The maximum Gasteiger partial charge on any atom is 0.310 e. The number of amides is 2. The van der Waals surface area contributed by atoms with Gasteiger partial charge in [0.25, 0.3) is 5.91 Å². The maximum absolute atomic E-state index is 12.0. The Balaban J connectivity index is 1.92. The molecule has 2 fully saturated rings. The number of β-lactam (4-membered cyclic amide) rings is 1. The maximum atomic E-state index is 12.0. The predicted molar refractivity (Wildman–Crippen MR) is 67.7 cm³/mol. The van der Waals surface area contributed by atoms with Crippen molar-refractivity contribution in [2.24, 2.45) is 5.92 Å². The fraction of sp³-hybridized carbons (Fsp3) is 0.643. The Morgan fingerprint density at radius 3 is 2.42 bits per heavy atom. The lowest BCUT2D eigenvalue weighted by Crippen LogP contribution is -2.57. The number of hydrogen-bond acceptors (Lipinski definition) is 4. The van der Waals surface area contributed by atoms with Gasteiger partial charge in [0.15, 0.2) is 6.23 Å². The highest BCUT2D eigenvalue weighted by Gasteiger charge is 2.44. The summed E-state index contributed by atoms with van der Waals surface area (Å²) in [5, 5.41) is 0. The average molecular weight is 265 g/mol. The third-order valence-electron chi connectivity index (χ3n) is 3.68. The van der Waals surface area contributed by atoms with Gasteiger partial charge in [0, 0.05) is 5.57 Å². The van der Waals surface area contributed by atoms with Crippen LogP contribution >= 0.6 is 0 Å². The molecule has 1 heterocycles. The Hall–Kier alpha value is -1.65. The number of likely N-dealkylation sites (tertiary alicyclic amines) is 1. The summed E-state index contributed by atoms with van der Waals surface area (Å²) in [5.41, 5.74) is 0.270. The lowest BCUT2D eigenvalue weighted by atomic mass is 9.89. The molecular formula is C14H19NO4. The van der Waals surface area contributed by atoms with Crippen LogP contribution < -0.4 is 0 Å². The van der Waals surface area contributed by atoms with Crippen LogP contribution in [0.25, 0.3) is 0 Å². The quantitative estimate of drug-likeness (QED) is 0.443. The molecule has 1 atom stereocenters. The molecule has 0 N–H and O–H groups in total. The molecule has 1 aliphatic carbocycles. The Labute approximate surface area is 112 Å². The monoisotopic (exact) mass is 265 g/mol. The number of hydrogen-bond donors (Lipinski definition) is 0. The van der Waals surface area contributed by atoms with Crippen LogP contribution in [-0.4, -0.2) is 28.9 Å². The van der Waals surface area contributed by atoms with Gasteiger partial charge in [-0.2, -0.15) is 0 Å². The van der Waals surface area contributed by atoms with Crippen LogP contribution in [-0.2, 0) is 19.1 Å². The summed E-state index contributed by atoms with van der Waals surface area (Å²) in [6.45, 7) is 5.05.